The number of rotatable bonds is 2. The summed E-state index contributed by atoms with van der Waals surface area (Å²) in [5, 5.41) is 1.99. The number of anilines is 1. The number of nitrogens with two attached hydrogens (primary N) is 1. The monoisotopic (exact) mass is 278 g/mol. The molecule has 0 aliphatic heterocycles. The average Bonchev–Trinajstić information content (AvgIpc) is 2.74. The molecule has 6 heteroatoms. The lowest BCUT2D eigenvalue weighted by molar-refractivity contribution is 1.05. The summed E-state index contributed by atoms with van der Waals surface area (Å²) in [6.07, 6.45) is 10.4. The van der Waals surface area contributed by atoms with Crippen molar-refractivity contribution < 1.29 is 0 Å². The topological polar surface area (TPSA) is 67.6 Å². The molecule has 2 heterocycles. The van der Waals surface area contributed by atoms with Gasteiger partial charge in [0.25, 0.3) is 0 Å². The van der Waals surface area contributed by atoms with Crippen molar-refractivity contribution >= 4 is 40.2 Å². The third-order valence-electron chi connectivity index (χ3n) is 2.73. The number of fused-ring (bicyclic) bond motifs is 1. The van der Waals surface area contributed by atoms with Gasteiger partial charge < -0.3 is 10.7 Å². The molecule has 2 aromatic heterocycles. The van der Waals surface area contributed by atoms with Crippen LogP contribution < -0.4 is 5.73 Å². The fraction of sp³-hybridized carbons (Fsp3) is 0.167. The fourth-order valence-electron chi connectivity index (χ4n) is 1.91. The van der Waals surface area contributed by atoms with Crippen LogP contribution in [0, 0.1) is 0 Å². The number of nitrogens with zero attached hydrogens (tertiary/aromatic N) is 2. The Morgan fingerprint density at radius 3 is 3.17 bits per heavy atom. The van der Waals surface area contributed by atoms with Crippen LogP contribution in [-0.4, -0.2) is 20.2 Å². The molecule has 1 unspecified atom stereocenters. The van der Waals surface area contributed by atoms with Crippen molar-refractivity contribution in [2.24, 2.45) is 0 Å². The van der Waals surface area contributed by atoms with Crippen molar-refractivity contribution in [1.82, 2.24) is 15.0 Å². The highest BCUT2D eigenvalue weighted by Gasteiger charge is 2.15. The normalized spacial score (nSPS) is 19.2. The van der Waals surface area contributed by atoms with Gasteiger partial charge in [-0.3, -0.25) is 0 Å². The second-order valence-corrected chi connectivity index (χ2v) is 5.70. The van der Waals surface area contributed by atoms with Gasteiger partial charge in [0.1, 0.15) is 17.8 Å². The fourth-order valence-corrected chi connectivity index (χ4v) is 3.42. The predicted molar refractivity (Wildman–Crippen MR) is 75.6 cm³/mol. The molecule has 0 aromatic carbocycles. The van der Waals surface area contributed by atoms with Gasteiger partial charge in [-0.1, -0.05) is 23.8 Å². The van der Waals surface area contributed by atoms with E-state index in [0.29, 0.717) is 11.1 Å². The van der Waals surface area contributed by atoms with Crippen LogP contribution in [0.3, 0.4) is 0 Å². The second kappa shape index (κ2) is 4.66. The lowest BCUT2D eigenvalue weighted by Gasteiger charge is -2.13. The molecule has 18 heavy (non-hydrogen) atoms. The molecule has 3 N–H and O–H groups in total. The van der Waals surface area contributed by atoms with Gasteiger partial charge in [-0.05, 0) is 12.5 Å². The molecule has 0 spiro atoms. The Balaban J connectivity index is 1.94. The van der Waals surface area contributed by atoms with E-state index < -0.39 is 0 Å². The molecule has 0 amide bonds. The summed E-state index contributed by atoms with van der Waals surface area (Å²) in [4.78, 5) is 12.3. The van der Waals surface area contributed by atoms with E-state index in [1.165, 1.54) is 6.33 Å². The maximum Gasteiger partial charge on any atom is 0.144 e. The number of halogens is 1. The Bertz CT molecular complexity index is 647. The molecule has 0 saturated heterocycles. The zero-order valence-electron chi connectivity index (χ0n) is 9.43. The standard InChI is InChI=1S/C12H11ClN4S/c13-7-2-1-3-8(4-7)18-9-5-15-12-10(9)11(14)16-6-17-12/h1-2,4-6,8H,3H2,(H3,14,15,16,17). The van der Waals surface area contributed by atoms with Crippen molar-refractivity contribution in [2.75, 3.05) is 5.73 Å². The van der Waals surface area contributed by atoms with Gasteiger partial charge in [0.05, 0.1) is 5.39 Å². The van der Waals surface area contributed by atoms with E-state index >= 15 is 0 Å². The highest BCUT2D eigenvalue weighted by molar-refractivity contribution is 8.00. The number of H-pyrrole nitrogens is 1. The van der Waals surface area contributed by atoms with Crippen molar-refractivity contribution in [3.63, 3.8) is 0 Å². The van der Waals surface area contributed by atoms with Gasteiger partial charge in [-0.25, -0.2) is 9.97 Å². The van der Waals surface area contributed by atoms with Gasteiger partial charge in [0.2, 0.25) is 0 Å². The number of thioether (sulfide) groups is 1. The van der Waals surface area contributed by atoms with E-state index in [1.54, 1.807) is 11.8 Å². The molecule has 0 fully saturated rings. The summed E-state index contributed by atoms with van der Waals surface area (Å²) < 4.78 is 0. The third-order valence-corrected chi connectivity index (χ3v) is 4.19. The lowest BCUT2D eigenvalue weighted by atomic mass is 10.2. The quantitative estimate of drug-likeness (QED) is 0.886. The molecule has 92 valence electrons. The van der Waals surface area contributed by atoms with Gasteiger partial charge in [0, 0.05) is 21.4 Å². The summed E-state index contributed by atoms with van der Waals surface area (Å²) in [5.74, 6) is 0.505. The molecule has 1 aliphatic carbocycles. The Morgan fingerprint density at radius 2 is 2.33 bits per heavy atom. The Morgan fingerprint density at radius 1 is 1.44 bits per heavy atom. The summed E-state index contributed by atoms with van der Waals surface area (Å²) in [6.45, 7) is 0. The third kappa shape index (κ3) is 2.11. The van der Waals surface area contributed by atoms with Crippen molar-refractivity contribution in [2.45, 2.75) is 16.6 Å². The molecule has 4 nitrogen and oxygen atoms in total. The first-order valence-corrected chi connectivity index (χ1v) is 6.78. The van der Waals surface area contributed by atoms with Gasteiger partial charge in [0.15, 0.2) is 0 Å². The number of hydrogen-bond donors (Lipinski definition) is 2. The first-order chi connectivity index (χ1) is 8.74. The number of nitrogen functional groups attached to an aromatic ring is 1. The minimum Gasteiger partial charge on any atom is -0.383 e. The van der Waals surface area contributed by atoms with Crippen molar-refractivity contribution in [3.05, 3.63) is 35.8 Å². The maximum absolute atomic E-state index is 6.00. The Labute approximate surface area is 113 Å². The van der Waals surface area contributed by atoms with E-state index in [2.05, 4.69) is 21.0 Å². The van der Waals surface area contributed by atoms with Crippen molar-refractivity contribution in [1.29, 1.82) is 0 Å². The number of nitrogens with one attached hydrogen (secondary N) is 1. The van der Waals surface area contributed by atoms with Gasteiger partial charge in [-0.2, -0.15) is 0 Å². The molecule has 0 saturated carbocycles. The van der Waals surface area contributed by atoms with E-state index in [1.807, 2.05) is 18.3 Å². The Kier molecular flexibility index (Phi) is 3.01. The Hall–Kier alpha value is -1.46. The molecule has 1 atom stereocenters. The average molecular weight is 279 g/mol. The zero-order chi connectivity index (χ0) is 12.5. The molecule has 0 bridgehead atoms. The molecular weight excluding hydrogens is 268 g/mol. The smallest absolute Gasteiger partial charge is 0.144 e. The molecule has 1 aliphatic rings. The highest BCUT2D eigenvalue weighted by atomic mass is 35.5. The van der Waals surface area contributed by atoms with E-state index in [4.69, 9.17) is 17.3 Å². The minimum absolute atomic E-state index is 0.320. The minimum atomic E-state index is 0.320. The number of allylic oxidation sites excluding steroid dienone is 3. The van der Waals surface area contributed by atoms with Crippen LogP contribution in [0.15, 0.2) is 40.7 Å². The van der Waals surface area contributed by atoms with Crippen LogP contribution in [0.25, 0.3) is 11.0 Å². The number of aromatic nitrogens is 3. The number of aromatic amines is 1. The second-order valence-electron chi connectivity index (χ2n) is 3.98. The van der Waals surface area contributed by atoms with Crippen LogP contribution in [-0.2, 0) is 0 Å². The first kappa shape index (κ1) is 11.6. The van der Waals surface area contributed by atoms with Crippen LogP contribution in [0.2, 0.25) is 0 Å². The number of hydrogen-bond acceptors (Lipinski definition) is 4. The van der Waals surface area contributed by atoms with Gasteiger partial charge >= 0.3 is 0 Å². The maximum atomic E-state index is 6.00. The predicted octanol–water partition coefficient (Wildman–Crippen LogP) is 3.08. The molecular formula is C12H11ClN4S. The van der Waals surface area contributed by atoms with Crippen LogP contribution in [0.1, 0.15) is 6.42 Å². The largest absolute Gasteiger partial charge is 0.383 e. The van der Waals surface area contributed by atoms with Crippen molar-refractivity contribution in [3.8, 4) is 0 Å². The van der Waals surface area contributed by atoms with E-state index in [-0.39, 0.29) is 0 Å². The first-order valence-electron chi connectivity index (χ1n) is 5.52. The molecule has 3 rings (SSSR count). The molecule has 2 aromatic rings. The van der Waals surface area contributed by atoms with Crippen LogP contribution in [0.5, 0.6) is 0 Å². The highest BCUT2D eigenvalue weighted by Crippen LogP contribution is 2.36. The van der Waals surface area contributed by atoms with E-state index in [0.717, 1.165) is 27.4 Å². The zero-order valence-corrected chi connectivity index (χ0v) is 11.0. The molecule has 0 radical (unpaired) electrons. The summed E-state index contributed by atoms with van der Waals surface area (Å²) in [7, 11) is 0. The summed E-state index contributed by atoms with van der Waals surface area (Å²) in [5.41, 5.74) is 6.66. The lowest BCUT2D eigenvalue weighted by Crippen LogP contribution is -2.00. The summed E-state index contributed by atoms with van der Waals surface area (Å²) >= 11 is 7.72. The SMILES string of the molecule is Nc1ncnc2[nH]cc(SC3C=C(Cl)C=CC3)c12. The summed E-state index contributed by atoms with van der Waals surface area (Å²) in [6, 6.07) is 0. The van der Waals surface area contributed by atoms with E-state index in [9.17, 15) is 0 Å². The van der Waals surface area contributed by atoms with Gasteiger partial charge in [-0.15, -0.1) is 11.8 Å². The van der Waals surface area contributed by atoms with Crippen LogP contribution in [0.4, 0.5) is 5.82 Å². The van der Waals surface area contributed by atoms with Crippen LogP contribution >= 0.6 is 23.4 Å².